The zero-order valence-electron chi connectivity index (χ0n) is 17.2. The summed E-state index contributed by atoms with van der Waals surface area (Å²) in [5.74, 6) is 0.464. The average Bonchev–Trinajstić information content (AvgIpc) is 2.75. The highest BCUT2D eigenvalue weighted by atomic mass is 79.9. The lowest BCUT2D eigenvalue weighted by Gasteiger charge is -2.32. The van der Waals surface area contributed by atoms with Crippen molar-refractivity contribution in [2.24, 2.45) is 5.92 Å². The number of anilines is 1. The molecule has 8 heteroatoms. The third kappa shape index (κ3) is 4.97. The van der Waals surface area contributed by atoms with Crippen molar-refractivity contribution in [1.29, 1.82) is 0 Å². The van der Waals surface area contributed by atoms with E-state index in [9.17, 15) is 14.7 Å². The van der Waals surface area contributed by atoms with Crippen LogP contribution in [0.1, 0.15) is 30.9 Å². The first-order valence-corrected chi connectivity index (χ1v) is 11.2. The van der Waals surface area contributed by atoms with Crippen LogP contribution in [0.25, 0.3) is 11.0 Å². The minimum Gasteiger partial charge on any atom is -0.508 e. The standard InChI is InChI=1S/C23H24BrN3O4/c1-2-14-8-18-16(9-22(29)31-20(18)10-19(14)28)13-27-7-3-4-15(12-27)23(30)26-21-6-5-17(24)11-25-21/h5-6,8-11,15,28H,2-4,7,12-13H2,1H3,(H,25,26,30). The van der Waals surface area contributed by atoms with Crippen molar-refractivity contribution in [1.82, 2.24) is 9.88 Å². The van der Waals surface area contributed by atoms with Crippen LogP contribution < -0.4 is 10.9 Å². The highest BCUT2D eigenvalue weighted by Gasteiger charge is 2.26. The number of phenols is 1. The first-order chi connectivity index (χ1) is 14.9. The van der Waals surface area contributed by atoms with Crippen molar-refractivity contribution in [3.8, 4) is 5.75 Å². The maximum Gasteiger partial charge on any atom is 0.336 e. The largest absolute Gasteiger partial charge is 0.508 e. The number of likely N-dealkylation sites (tertiary alicyclic amines) is 1. The molecule has 1 aliphatic rings. The fourth-order valence-corrected chi connectivity index (χ4v) is 4.29. The summed E-state index contributed by atoms with van der Waals surface area (Å²) in [4.78, 5) is 31.2. The molecule has 2 N–H and O–H groups in total. The Kier molecular flexibility index (Phi) is 6.38. The second kappa shape index (κ2) is 9.20. The van der Waals surface area contributed by atoms with Crippen LogP contribution in [0.2, 0.25) is 0 Å². The molecule has 0 saturated carbocycles. The van der Waals surface area contributed by atoms with E-state index in [2.05, 4.69) is 31.1 Å². The van der Waals surface area contributed by atoms with E-state index in [0.717, 1.165) is 40.4 Å². The van der Waals surface area contributed by atoms with Crippen LogP contribution in [0.5, 0.6) is 5.75 Å². The molecule has 1 unspecified atom stereocenters. The zero-order valence-corrected chi connectivity index (χ0v) is 18.8. The Morgan fingerprint density at radius 1 is 1.32 bits per heavy atom. The van der Waals surface area contributed by atoms with E-state index in [1.165, 1.54) is 12.1 Å². The molecule has 0 aliphatic carbocycles. The lowest BCUT2D eigenvalue weighted by Crippen LogP contribution is -2.40. The zero-order chi connectivity index (χ0) is 22.0. The van der Waals surface area contributed by atoms with Crippen molar-refractivity contribution in [2.45, 2.75) is 32.7 Å². The number of carbonyl (C=O) groups is 1. The number of aromatic hydroxyl groups is 1. The number of nitrogens with zero attached hydrogens (tertiary/aromatic N) is 2. The maximum atomic E-state index is 12.8. The number of phenolic OH excluding ortho intramolecular Hbond substituents is 1. The summed E-state index contributed by atoms with van der Waals surface area (Å²) in [5.41, 5.74) is 1.58. The normalized spacial score (nSPS) is 17.0. The Morgan fingerprint density at radius 3 is 2.90 bits per heavy atom. The summed E-state index contributed by atoms with van der Waals surface area (Å²) < 4.78 is 6.15. The number of rotatable bonds is 5. The Morgan fingerprint density at radius 2 is 2.16 bits per heavy atom. The molecule has 31 heavy (non-hydrogen) atoms. The highest BCUT2D eigenvalue weighted by molar-refractivity contribution is 9.10. The number of pyridine rings is 1. The summed E-state index contributed by atoms with van der Waals surface area (Å²) in [6.45, 7) is 3.95. The second-order valence-corrected chi connectivity index (χ2v) is 8.76. The lowest BCUT2D eigenvalue weighted by molar-refractivity contribution is -0.121. The number of amides is 1. The monoisotopic (exact) mass is 485 g/mol. The number of carbonyl (C=O) groups excluding carboxylic acids is 1. The van der Waals surface area contributed by atoms with Gasteiger partial charge in [0.2, 0.25) is 5.91 Å². The molecule has 7 nitrogen and oxygen atoms in total. The number of piperidine rings is 1. The predicted molar refractivity (Wildman–Crippen MR) is 122 cm³/mol. The summed E-state index contributed by atoms with van der Waals surface area (Å²) >= 11 is 3.34. The number of aromatic nitrogens is 1. The quantitative estimate of drug-likeness (QED) is 0.528. The van der Waals surface area contributed by atoms with Crippen molar-refractivity contribution in [2.75, 3.05) is 18.4 Å². The Balaban J connectivity index is 1.51. The Hall–Kier alpha value is -2.71. The first-order valence-electron chi connectivity index (χ1n) is 10.4. The number of hydrogen-bond acceptors (Lipinski definition) is 6. The molecular weight excluding hydrogens is 462 g/mol. The van der Waals surface area contributed by atoms with E-state index in [1.54, 1.807) is 12.3 Å². The van der Waals surface area contributed by atoms with Gasteiger partial charge >= 0.3 is 5.63 Å². The summed E-state index contributed by atoms with van der Waals surface area (Å²) in [7, 11) is 0. The topological polar surface area (TPSA) is 95.7 Å². The van der Waals surface area contributed by atoms with Crippen molar-refractivity contribution < 1.29 is 14.3 Å². The van der Waals surface area contributed by atoms with E-state index < -0.39 is 5.63 Å². The van der Waals surface area contributed by atoms with E-state index in [4.69, 9.17) is 4.42 Å². The van der Waals surface area contributed by atoms with Crippen molar-refractivity contribution in [3.05, 3.63) is 62.5 Å². The van der Waals surface area contributed by atoms with E-state index in [1.807, 2.05) is 19.1 Å². The van der Waals surface area contributed by atoms with Gasteiger partial charge in [-0.1, -0.05) is 6.92 Å². The fourth-order valence-electron chi connectivity index (χ4n) is 4.05. The van der Waals surface area contributed by atoms with Crippen molar-refractivity contribution >= 4 is 38.6 Å². The Bertz CT molecular complexity index is 1160. The predicted octanol–water partition coefficient (Wildman–Crippen LogP) is 4.07. The molecule has 0 radical (unpaired) electrons. The number of benzene rings is 1. The first kappa shape index (κ1) is 21.5. The third-order valence-corrected chi connectivity index (χ3v) is 6.13. The summed E-state index contributed by atoms with van der Waals surface area (Å²) in [6.07, 6.45) is 4.03. The van der Waals surface area contributed by atoms with Crippen LogP contribution in [0, 0.1) is 5.92 Å². The second-order valence-electron chi connectivity index (χ2n) is 7.85. The minimum absolute atomic E-state index is 0.0462. The molecule has 1 fully saturated rings. The molecule has 3 aromatic rings. The molecule has 1 aliphatic heterocycles. The van der Waals surface area contributed by atoms with Gasteiger partial charge in [0.15, 0.2) is 0 Å². The van der Waals surface area contributed by atoms with Crippen LogP contribution in [0.4, 0.5) is 5.82 Å². The van der Waals surface area contributed by atoms with Gasteiger partial charge in [-0.2, -0.15) is 0 Å². The number of fused-ring (bicyclic) bond motifs is 1. The number of nitrogens with one attached hydrogen (secondary N) is 1. The van der Waals surface area contributed by atoms with Gasteiger partial charge in [-0.3, -0.25) is 9.69 Å². The van der Waals surface area contributed by atoms with Gasteiger partial charge in [0.05, 0.1) is 5.92 Å². The molecule has 2 aromatic heterocycles. The van der Waals surface area contributed by atoms with Gasteiger partial charge in [0, 0.05) is 41.3 Å². The van der Waals surface area contributed by atoms with Gasteiger partial charge in [-0.05, 0) is 71.1 Å². The van der Waals surface area contributed by atoms with Crippen LogP contribution in [0.3, 0.4) is 0 Å². The number of aryl methyl sites for hydroxylation is 1. The Labute approximate surface area is 188 Å². The number of hydrogen-bond donors (Lipinski definition) is 2. The van der Waals surface area contributed by atoms with Crippen LogP contribution in [-0.2, 0) is 17.8 Å². The van der Waals surface area contributed by atoms with Crippen LogP contribution in [-0.4, -0.2) is 34.0 Å². The average molecular weight is 486 g/mol. The molecular formula is C23H24BrN3O4. The molecule has 1 amide bonds. The van der Waals surface area contributed by atoms with E-state index >= 15 is 0 Å². The number of halogens is 1. The highest BCUT2D eigenvalue weighted by Crippen LogP contribution is 2.28. The summed E-state index contributed by atoms with van der Waals surface area (Å²) in [6, 6.07) is 8.50. The van der Waals surface area contributed by atoms with Gasteiger partial charge < -0.3 is 14.8 Å². The van der Waals surface area contributed by atoms with Gasteiger partial charge in [0.1, 0.15) is 17.2 Å². The van der Waals surface area contributed by atoms with Gasteiger partial charge in [-0.25, -0.2) is 9.78 Å². The molecule has 162 valence electrons. The maximum absolute atomic E-state index is 12.8. The molecule has 1 atom stereocenters. The third-order valence-electron chi connectivity index (χ3n) is 5.66. The minimum atomic E-state index is -0.446. The lowest BCUT2D eigenvalue weighted by atomic mass is 9.96. The smallest absolute Gasteiger partial charge is 0.336 e. The van der Waals surface area contributed by atoms with Crippen molar-refractivity contribution in [3.63, 3.8) is 0 Å². The van der Waals surface area contributed by atoms with Crippen LogP contribution in [0.15, 0.2) is 50.2 Å². The van der Waals surface area contributed by atoms with E-state index in [-0.39, 0.29) is 17.6 Å². The SMILES string of the molecule is CCc1cc2c(CN3CCCC(C(=O)Nc4ccc(Br)cn4)C3)cc(=O)oc2cc1O. The van der Waals surface area contributed by atoms with E-state index in [0.29, 0.717) is 30.9 Å². The molecule has 3 heterocycles. The molecule has 0 bridgehead atoms. The fraction of sp³-hybridized carbons (Fsp3) is 0.348. The molecule has 1 saturated heterocycles. The summed E-state index contributed by atoms with van der Waals surface area (Å²) in [5, 5.41) is 13.8. The molecule has 1 aromatic carbocycles. The van der Waals surface area contributed by atoms with Gasteiger partial charge in [-0.15, -0.1) is 0 Å². The molecule has 4 rings (SSSR count). The van der Waals surface area contributed by atoms with Gasteiger partial charge in [0.25, 0.3) is 0 Å². The molecule has 0 spiro atoms. The van der Waals surface area contributed by atoms with Crippen LogP contribution >= 0.6 is 15.9 Å².